The third kappa shape index (κ3) is 5.21. The van der Waals surface area contributed by atoms with E-state index in [-0.39, 0.29) is 12.6 Å². The monoisotopic (exact) mass is 362 g/mol. The van der Waals surface area contributed by atoms with Gasteiger partial charge in [-0.15, -0.1) is 0 Å². The lowest BCUT2D eigenvalue weighted by Gasteiger charge is -2.40. The highest BCUT2D eigenvalue weighted by molar-refractivity contribution is 5.87. The molecule has 0 spiro atoms. The van der Waals surface area contributed by atoms with Gasteiger partial charge in [0.1, 0.15) is 18.2 Å². The summed E-state index contributed by atoms with van der Waals surface area (Å²) in [4.78, 5) is 37.6. The van der Waals surface area contributed by atoms with Gasteiger partial charge in [-0.05, 0) is 45.6 Å². The van der Waals surface area contributed by atoms with Crippen molar-refractivity contribution in [3.63, 3.8) is 0 Å². The molecule has 142 valence electrons. The maximum absolute atomic E-state index is 12.8. The second-order valence-corrected chi connectivity index (χ2v) is 7.37. The zero-order valence-corrected chi connectivity index (χ0v) is 15.4. The summed E-state index contributed by atoms with van der Waals surface area (Å²) in [5.41, 5.74) is 0.220. The number of rotatable bonds is 4. The largest absolute Gasteiger partial charge is 0.480 e. The molecule has 2 unspecified atom stereocenters. The molecule has 0 aromatic heterocycles. The summed E-state index contributed by atoms with van der Waals surface area (Å²) in [5.74, 6) is -1.46. The Labute approximate surface area is 153 Å². The lowest BCUT2D eigenvalue weighted by atomic mass is 9.90. The average molecular weight is 362 g/mol. The minimum absolute atomic E-state index is 0.304. The van der Waals surface area contributed by atoms with E-state index in [1.54, 1.807) is 20.8 Å². The number of likely N-dealkylation sites (tertiary alicyclic amines) is 1. The van der Waals surface area contributed by atoms with Crippen molar-refractivity contribution in [2.45, 2.75) is 57.7 Å². The van der Waals surface area contributed by atoms with Gasteiger partial charge in [-0.2, -0.15) is 0 Å². The molecule has 2 atom stereocenters. The van der Waals surface area contributed by atoms with Gasteiger partial charge < -0.3 is 20.1 Å². The smallest absolute Gasteiger partial charge is 0.408 e. The molecule has 0 saturated carbocycles. The maximum Gasteiger partial charge on any atom is 0.408 e. The van der Waals surface area contributed by atoms with E-state index < -0.39 is 29.6 Å². The number of nitrogens with zero attached hydrogens (tertiary/aromatic N) is 1. The Hall–Kier alpha value is -2.57. The highest BCUT2D eigenvalue weighted by Crippen LogP contribution is 2.34. The Morgan fingerprint density at radius 1 is 1.19 bits per heavy atom. The minimum atomic E-state index is -1.03. The van der Waals surface area contributed by atoms with Crippen molar-refractivity contribution < 1.29 is 24.2 Å². The predicted molar refractivity (Wildman–Crippen MR) is 95.5 cm³/mol. The van der Waals surface area contributed by atoms with Crippen LogP contribution in [0.1, 0.15) is 51.6 Å². The number of benzene rings is 1. The van der Waals surface area contributed by atoms with E-state index in [1.807, 2.05) is 30.3 Å². The van der Waals surface area contributed by atoms with Crippen LogP contribution in [0.5, 0.6) is 0 Å². The van der Waals surface area contributed by atoms with Gasteiger partial charge >= 0.3 is 12.1 Å². The number of amides is 2. The summed E-state index contributed by atoms with van der Waals surface area (Å²) >= 11 is 0. The van der Waals surface area contributed by atoms with E-state index in [0.717, 1.165) is 12.0 Å². The number of carboxylic acid groups (broad SMARTS) is 1. The molecular weight excluding hydrogens is 336 g/mol. The van der Waals surface area contributed by atoms with Gasteiger partial charge in [-0.1, -0.05) is 30.3 Å². The molecule has 2 rings (SSSR count). The molecule has 26 heavy (non-hydrogen) atoms. The van der Waals surface area contributed by atoms with E-state index in [1.165, 1.54) is 4.90 Å². The van der Waals surface area contributed by atoms with Crippen molar-refractivity contribution in [1.29, 1.82) is 0 Å². The van der Waals surface area contributed by atoms with Crippen LogP contribution in [0.2, 0.25) is 0 Å². The number of hydrogen-bond donors (Lipinski definition) is 2. The zero-order valence-electron chi connectivity index (χ0n) is 15.4. The van der Waals surface area contributed by atoms with Gasteiger partial charge in [0.15, 0.2) is 0 Å². The van der Waals surface area contributed by atoms with Crippen LogP contribution >= 0.6 is 0 Å². The Morgan fingerprint density at radius 2 is 1.85 bits per heavy atom. The molecule has 7 heteroatoms. The van der Waals surface area contributed by atoms with Crippen molar-refractivity contribution in [2.75, 3.05) is 6.54 Å². The molecule has 1 fully saturated rings. The van der Waals surface area contributed by atoms with E-state index in [2.05, 4.69) is 5.32 Å². The maximum atomic E-state index is 12.8. The fourth-order valence-electron chi connectivity index (χ4n) is 3.15. The molecule has 2 amide bonds. The molecule has 0 radical (unpaired) electrons. The lowest BCUT2D eigenvalue weighted by molar-refractivity contribution is -0.154. The van der Waals surface area contributed by atoms with E-state index in [4.69, 9.17) is 4.74 Å². The second kappa shape index (κ2) is 8.21. The van der Waals surface area contributed by atoms with Crippen molar-refractivity contribution in [3.8, 4) is 0 Å². The highest BCUT2D eigenvalue weighted by Gasteiger charge is 2.38. The third-order valence-corrected chi connectivity index (χ3v) is 4.17. The quantitative estimate of drug-likeness (QED) is 0.858. The van der Waals surface area contributed by atoms with E-state index in [0.29, 0.717) is 12.8 Å². The van der Waals surface area contributed by atoms with Crippen molar-refractivity contribution in [1.82, 2.24) is 10.2 Å². The Kier molecular flexibility index (Phi) is 6.23. The molecular formula is C19H26N2O5. The molecule has 1 saturated heterocycles. The Morgan fingerprint density at radius 3 is 2.42 bits per heavy atom. The van der Waals surface area contributed by atoms with Crippen LogP contribution < -0.4 is 5.32 Å². The fourth-order valence-corrected chi connectivity index (χ4v) is 3.15. The number of ether oxygens (including phenoxy) is 1. The average Bonchev–Trinajstić information content (AvgIpc) is 2.58. The van der Waals surface area contributed by atoms with E-state index >= 15 is 0 Å². The Bertz CT molecular complexity index is 654. The molecule has 2 N–H and O–H groups in total. The predicted octanol–water partition coefficient (Wildman–Crippen LogP) is 2.72. The molecule has 1 aliphatic heterocycles. The second-order valence-electron chi connectivity index (χ2n) is 7.37. The van der Waals surface area contributed by atoms with Crippen LogP contribution in [0.25, 0.3) is 0 Å². The van der Waals surface area contributed by atoms with Crippen LogP contribution in [0, 0.1) is 0 Å². The number of alkyl carbamates (subject to hydrolysis) is 1. The van der Waals surface area contributed by atoms with Gasteiger partial charge in [-0.25, -0.2) is 9.59 Å². The number of piperidine rings is 1. The summed E-state index contributed by atoms with van der Waals surface area (Å²) < 4.78 is 5.12. The fraction of sp³-hybridized carbons (Fsp3) is 0.526. The van der Waals surface area contributed by atoms with Crippen LogP contribution in [-0.2, 0) is 14.3 Å². The zero-order chi connectivity index (χ0) is 19.3. The summed E-state index contributed by atoms with van der Waals surface area (Å²) in [5, 5.41) is 12.0. The Balaban J connectivity index is 2.14. The summed E-state index contributed by atoms with van der Waals surface area (Å²) in [7, 11) is 0. The summed E-state index contributed by atoms with van der Waals surface area (Å²) in [6.45, 7) is 4.88. The van der Waals surface area contributed by atoms with Crippen LogP contribution in [0.4, 0.5) is 4.79 Å². The third-order valence-electron chi connectivity index (χ3n) is 4.17. The highest BCUT2D eigenvalue weighted by atomic mass is 16.6. The number of nitrogens with one attached hydrogen (secondary N) is 1. The normalized spacial score (nSPS) is 20.3. The first-order valence-corrected chi connectivity index (χ1v) is 8.75. The van der Waals surface area contributed by atoms with Gasteiger partial charge in [0, 0.05) is 0 Å². The van der Waals surface area contributed by atoms with Crippen LogP contribution in [0.3, 0.4) is 0 Å². The molecule has 1 aliphatic rings. The number of hydrogen-bond acceptors (Lipinski definition) is 4. The van der Waals surface area contributed by atoms with Crippen LogP contribution in [-0.4, -0.2) is 46.2 Å². The van der Waals surface area contributed by atoms with Gasteiger partial charge in [0.2, 0.25) is 5.91 Å². The first kappa shape index (κ1) is 19.8. The standard InChI is InChI=1S/C19H26N2O5/c1-19(2,3)26-18(25)20-12-16(22)21-14(13-8-5-4-6-9-13)10-7-11-15(21)17(23)24/h4-6,8-9,14-15H,7,10-12H2,1-3H3,(H,20,25)(H,23,24). The molecule has 7 nitrogen and oxygen atoms in total. The summed E-state index contributed by atoms with van der Waals surface area (Å²) in [6, 6.07) is 8.15. The molecule has 1 aromatic carbocycles. The van der Waals surface area contributed by atoms with E-state index in [9.17, 15) is 19.5 Å². The molecule has 1 aromatic rings. The molecule has 0 aliphatic carbocycles. The van der Waals surface area contributed by atoms with Gasteiger partial charge in [0.25, 0.3) is 0 Å². The van der Waals surface area contributed by atoms with Crippen LogP contribution in [0.15, 0.2) is 30.3 Å². The lowest BCUT2D eigenvalue weighted by Crippen LogP contribution is -2.52. The van der Waals surface area contributed by atoms with Crippen molar-refractivity contribution in [3.05, 3.63) is 35.9 Å². The first-order chi connectivity index (χ1) is 12.2. The number of carbonyl (C=O) groups excluding carboxylic acids is 2. The number of carboxylic acids is 1. The summed E-state index contributed by atoms with van der Waals surface area (Å²) in [6.07, 6.45) is 1.11. The number of aliphatic carboxylic acids is 1. The van der Waals surface area contributed by atoms with Gasteiger partial charge in [0.05, 0.1) is 6.04 Å². The number of carbonyl (C=O) groups is 3. The van der Waals surface area contributed by atoms with Crippen molar-refractivity contribution in [2.24, 2.45) is 0 Å². The van der Waals surface area contributed by atoms with Crippen molar-refractivity contribution >= 4 is 18.0 Å². The topological polar surface area (TPSA) is 95.9 Å². The first-order valence-electron chi connectivity index (χ1n) is 8.75. The SMILES string of the molecule is CC(C)(C)OC(=O)NCC(=O)N1C(C(=O)O)CCCC1c1ccccc1. The molecule has 0 bridgehead atoms. The molecule has 1 heterocycles. The van der Waals surface area contributed by atoms with Gasteiger partial charge in [-0.3, -0.25) is 4.79 Å². The minimum Gasteiger partial charge on any atom is -0.480 e.